The molecule has 1 unspecified atom stereocenters. The van der Waals surface area contributed by atoms with Gasteiger partial charge in [-0.2, -0.15) is 0 Å². The van der Waals surface area contributed by atoms with E-state index in [1.54, 1.807) is 24.1 Å². The van der Waals surface area contributed by atoms with Crippen LogP contribution in [0.25, 0.3) is 21.9 Å². The second-order valence-corrected chi connectivity index (χ2v) is 11.0. The van der Waals surface area contributed by atoms with Gasteiger partial charge in [-0.05, 0) is 64.2 Å². The highest BCUT2D eigenvalue weighted by Crippen LogP contribution is 2.29. The highest BCUT2D eigenvalue weighted by molar-refractivity contribution is 6.06. The maximum atomic E-state index is 13.4. The lowest BCUT2D eigenvalue weighted by Gasteiger charge is -2.24. The van der Waals surface area contributed by atoms with Crippen LogP contribution in [0, 0.1) is 0 Å². The highest BCUT2D eigenvalue weighted by Gasteiger charge is 2.18. The second kappa shape index (κ2) is 15.3. The number of benzene rings is 2. The zero-order valence-corrected chi connectivity index (χ0v) is 26.0. The summed E-state index contributed by atoms with van der Waals surface area (Å²) < 4.78 is 12.9. The molecule has 44 heavy (non-hydrogen) atoms. The van der Waals surface area contributed by atoms with Crippen molar-refractivity contribution >= 4 is 39.8 Å². The van der Waals surface area contributed by atoms with Crippen molar-refractivity contribution < 1.29 is 24.2 Å². The van der Waals surface area contributed by atoms with Gasteiger partial charge in [-0.25, -0.2) is 19.6 Å². The number of carbonyl (C=O) groups is 2. The molecule has 236 valence electrons. The third-order valence-electron chi connectivity index (χ3n) is 7.33. The number of rotatable bonds is 16. The maximum Gasteiger partial charge on any atom is 0.344 e. The number of pyridine rings is 1. The predicted octanol–water partition coefficient (Wildman–Crippen LogP) is 3.76. The Balaban J connectivity index is 1.44. The molecule has 2 aromatic heterocycles. The van der Waals surface area contributed by atoms with Crippen LogP contribution in [0.1, 0.15) is 31.2 Å². The summed E-state index contributed by atoms with van der Waals surface area (Å²) in [6.45, 7) is 4.98. The summed E-state index contributed by atoms with van der Waals surface area (Å²) in [4.78, 5) is 37.7. The quantitative estimate of drug-likeness (QED) is 0.162. The van der Waals surface area contributed by atoms with E-state index in [1.165, 1.54) is 6.92 Å². The lowest BCUT2D eigenvalue weighted by atomic mass is 10.2. The first-order valence-electron chi connectivity index (χ1n) is 14.9. The van der Waals surface area contributed by atoms with Gasteiger partial charge in [-0.1, -0.05) is 30.3 Å². The van der Waals surface area contributed by atoms with Gasteiger partial charge in [-0.15, -0.1) is 0 Å². The van der Waals surface area contributed by atoms with Crippen LogP contribution < -0.4 is 15.8 Å². The first kappa shape index (κ1) is 32.5. The van der Waals surface area contributed by atoms with E-state index in [0.29, 0.717) is 62.7 Å². The van der Waals surface area contributed by atoms with Crippen molar-refractivity contribution in [1.82, 2.24) is 29.7 Å². The first-order valence-corrected chi connectivity index (χ1v) is 14.9. The number of fused-ring (bicyclic) bond motifs is 3. The summed E-state index contributed by atoms with van der Waals surface area (Å²) in [7, 11) is 5.68. The van der Waals surface area contributed by atoms with Crippen LogP contribution in [0.4, 0.5) is 10.6 Å². The number of imidazole rings is 1. The molecule has 12 heteroatoms. The number of carbonyl (C=O) groups excluding carboxylic acids is 1. The number of hydrogen-bond acceptors (Lipinski definition) is 8. The molecule has 0 radical (unpaired) electrons. The standard InChI is InChI=1S/C32H43N7O5/c1-22(31(40)41)44-24-13-11-23(12-14-24)21-38(18-8-17-37(2)3)32(42)34-16-7-19-39-27(15-20-43-4)36-28-29(39)25-9-5-6-10-26(25)35-30(28)33/h5-6,9-14,22H,7-8,15-21H2,1-4H3,(H2,33,35)(H,34,42)(H,40,41). The summed E-state index contributed by atoms with van der Waals surface area (Å²) in [6, 6.07) is 14.9. The second-order valence-electron chi connectivity index (χ2n) is 11.0. The Morgan fingerprint density at radius 3 is 2.52 bits per heavy atom. The number of nitrogens with zero attached hydrogens (tertiary/aromatic N) is 5. The summed E-state index contributed by atoms with van der Waals surface area (Å²) in [5, 5.41) is 13.2. The van der Waals surface area contributed by atoms with Gasteiger partial charge in [0.15, 0.2) is 11.9 Å². The fourth-order valence-electron chi connectivity index (χ4n) is 5.05. The molecular weight excluding hydrogens is 562 g/mol. The normalized spacial score (nSPS) is 12.1. The maximum absolute atomic E-state index is 13.4. The van der Waals surface area contributed by atoms with Crippen LogP contribution in [-0.4, -0.2) is 95.0 Å². The fourth-order valence-corrected chi connectivity index (χ4v) is 5.05. The van der Waals surface area contributed by atoms with Crippen LogP contribution >= 0.6 is 0 Å². The molecule has 0 saturated carbocycles. The highest BCUT2D eigenvalue weighted by atomic mass is 16.5. The summed E-state index contributed by atoms with van der Waals surface area (Å²) in [5.74, 6) is 0.705. The average Bonchev–Trinajstić information content (AvgIpc) is 3.37. The van der Waals surface area contributed by atoms with Crippen molar-refractivity contribution in [3.8, 4) is 5.75 Å². The van der Waals surface area contributed by atoms with Gasteiger partial charge >= 0.3 is 12.0 Å². The van der Waals surface area contributed by atoms with Crippen LogP contribution in [0.15, 0.2) is 48.5 Å². The van der Waals surface area contributed by atoms with Crippen LogP contribution in [0.3, 0.4) is 0 Å². The smallest absolute Gasteiger partial charge is 0.344 e. The first-order chi connectivity index (χ1) is 21.2. The number of methoxy groups -OCH3 is 1. The van der Waals surface area contributed by atoms with E-state index in [-0.39, 0.29) is 6.03 Å². The summed E-state index contributed by atoms with van der Waals surface area (Å²) in [5.41, 5.74) is 9.67. The number of aliphatic carboxylic acids is 1. The third-order valence-corrected chi connectivity index (χ3v) is 7.33. The topological polar surface area (TPSA) is 148 Å². The van der Waals surface area contributed by atoms with Gasteiger partial charge in [0.2, 0.25) is 0 Å². The van der Waals surface area contributed by atoms with E-state index in [1.807, 2.05) is 50.5 Å². The third kappa shape index (κ3) is 8.35. The van der Waals surface area contributed by atoms with Gasteiger partial charge in [-0.3, -0.25) is 0 Å². The number of anilines is 1. The van der Waals surface area contributed by atoms with E-state index in [4.69, 9.17) is 25.3 Å². The predicted molar refractivity (Wildman–Crippen MR) is 171 cm³/mol. The van der Waals surface area contributed by atoms with Gasteiger partial charge in [0.1, 0.15) is 17.1 Å². The number of aromatic nitrogens is 3. The fraction of sp³-hybridized carbons (Fsp3) is 0.438. The van der Waals surface area contributed by atoms with Crippen molar-refractivity contribution in [3.05, 3.63) is 59.9 Å². The number of nitrogen functional groups attached to an aromatic ring is 1. The summed E-state index contributed by atoms with van der Waals surface area (Å²) in [6.07, 6.45) is 1.19. The zero-order chi connectivity index (χ0) is 31.6. The van der Waals surface area contributed by atoms with E-state index >= 15 is 0 Å². The number of amides is 2. The Morgan fingerprint density at radius 2 is 1.82 bits per heavy atom. The molecule has 0 bridgehead atoms. The van der Waals surface area contributed by atoms with Crippen LogP contribution in [0.5, 0.6) is 5.75 Å². The monoisotopic (exact) mass is 605 g/mol. The Morgan fingerprint density at radius 1 is 1.07 bits per heavy atom. The Hall–Kier alpha value is -4.42. The molecule has 0 spiro atoms. The van der Waals surface area contributed by atoms with Crippen molar-refractivity contribution in [2.75, 3.05) is 53.2 Å². The number of nitrogens with one attached hydrogen (secondary N) is 1. The average molecular weight is 606 g/mol. The number of para-hydroxylation sites is 1. The Bertz CT molecular complexity index is 1550. The molecule has 12 nitrogen and oxygen atoms in total. The number of nitrogens with two attached hydrogens (primary N) is 1. The lowest BCUT2D eigenvalue weighted by molar-refractivity contribution is -0.144. The van der Waals surface area contributed by atoms with Crippen molar-refractivity contribution in [2.24, 2.45) is 0 Å². The Kier molecular flexibility index (Phi) is 11.3. The lowest BCUT2D eigenvalue weighted by Crippen LogP contribution is -2.41. The molecule has 0 fully saturated rings. The molecule has 1 atom stereocenters. The molecule has 0 saturated heterocycles. The number of hydrogen-bond donors (Lipinski definition) is 3. The molecule has 2 amide bonds. The van der Waals surface area contributed by atoms with Gasteiger partial charge in [0.25, 0.3) is 0 Å². The van der Waals surface area contributed by atoms with Gasteiger partial charge in [0.05, 0.1) is 17.6 Å². The molecular formula is C32H43N7O5. The number of urea groups is 1. The van der Waals surface area contributed by atoms with Crippen molar-refractivity contribution in [2.45, 2.75) is 45.4 Å². The number of carboxylic acid groups (broad SMARTS) is 1. The van der Waals surface area contributed by atoms with Gasteiger partial charge < -0.3 is 40.0 Å². The van der Waals surface area contributed by atoms with Crippen LogP contribution in [-0.2, 0) is 29.0 Å². The molecule has 0 aliphatic carbocycles. The Labute approximate surface area is 257 Å². The number of aryl methyl sites for hydroxylation is 1. The molecule has 4 aromatic rings. The van der Waals surface area contributed by atoms with E-state index in [2.05, 4.69) is 19.8 Å². The SMILES string of the molecule is COCCc1nc2c(N)nc3ccccc3c2n1CCCNC(=O)N(CCCN(C)C)Cc1ccc(OC(C)C(=O)O)cc1. The largest absolute Gasteiger partial charge is 0.479 e. The molecule has 0 aliphatic heterocycles. The van der Waals surface area contributed by atoms with Crippen LogP contribution in [0.2, 0.25) is 0 Å². The molecule has 4 rings (SSSR count). The number of ether oxygens (including phenoxy) is 2. The molecule has 4 N–H and O–H groups in total. The minimum atomic E-state index is -1.03. The van der Waals surface area contributed by atoms with Crippen molar-refractivity contribution in [3.63, 3.8) is 0 Å². The van der Waals surface area contributed by atoms with E-state index < -0.39 is 12.1 Å². The molecule has 2 aromatic carbocycles. The van der Waals surface area contributed by atoms with E-state index in [0.717, 1.165) is 40.8 Å². The van der Waals surface area contributed by atoms with Crippen molar-refractivity contribution in [1.29, 1.82) is 0 Å². The molecule has 0 aliphatic rings. The van der Waals surface area contributed by atoms with Gasteiger partial charge in [0, 0.05) is 45.1 Å². The minimum Gasteiger partial charge on any atom is -0.479 e. The van der Waals surface area contributed by atoms with E-state index in [9.17, 15) is 9.59 Å². The number of carboxylic acids is 1. The minimum absolute atomic E-state index is 0.141. The zero-order valence-electron chi connectivity index (χ0n) is 26.0. The summed E-state index contributed by atoms with van der Waals surface area (Å²) >= 11 is 0. The molecule has 2 heterocycles.